The monoisotopic (exact) mass is 543 g/mol. The van der Waals surface area contributed by atoms with Crippen LogP contribution in [-0.4, -0.2) is 94.1 Å². The third-order valence-corrected chi connectivity index (χ3v) is 6.46. The van der Waals surface area contributed by atoms with E-state index >= 15 is 0 Å². The molecule has 206 valence electrons. The Hall–Kier alpha value is -4.59. The van der Waals surface area contributed by atoms with Crippen molar-refractivity contribution < 1.29 is 38.3 Å². The number of rotatable bonds is 7. The van der Waals surface area contributed by atoms with Crippen molar-refractivity contribution in [3.8, 4) is 0 Å². The van der Waals surface area contributed by atoms with E-state index in [2.05, 4.69) is 5.32 Å². The number of ether oxygens (including phenoxy) is 1. The Bertz CT molecular complexity index is 1270. The lowest BCUT2D eigenvalue weighted by atomic mass is 10.0. The van der Waals surface area contributed by atoms with E-state index < -0.39 is 53.2 Å². The molecule has 2 fully saturated rings. The molecule has 0 spiro atoms. The average molecular weight is 544 g/mol. The van der Waals surface area contributed by atoms with Crippen LogP contribution in [0.2, 0.25) is 0 Å². The minimum Gasteiger partial charge on any atom is -0.481 e. The van der Waals surface area contributed by atoms with Crippen LogP contribution in [0.5, 0.6) is 0 Å². The van der Waals surface area contributed by atoms with Gasteiger partial charge in [0.05, 0.1) is 30.6 Å². The van der Waals surface area contributed by atoms with Gasteiger partial charge in [-0.2, -0.15) is 0 Å². The summed E-state index contributed by atoms with van der Waals surface area (Å²) in [6, 6.07) is 8.20. The van der Waals surface area contributed by atoms with E-state index in [1.54, 1.807) is 0 Å². The van der Waals surface area contributed by atoms with Gasteiger partial charge < -0.3 is 25.0 Å². The number of carbonyl (C=O) groups is 4. The molecule has 0 aliphatic carbocycles. The summed E-state index contributed by atoms with van der Waals surface area (Å²) in [4.78, 5) is 66.5. The Labute approximate surface area is 221 Å². The molecule has 0 bridgehead atoms. The number of urea groups is 1. The van der Waals surface area contributed by atoms with Crippen molar-refractivity contribution in [3.05, 3.63) is 75.6 Å². The molecular formula is C25H26FN5O8. The van der Waals surface area contributed by atoms with E-state index in [1.165, 1.54) is 40.1 Å². The van der Waals surface area contributed by atoms with Crippen LogP contribution in [0.25, 0.3) is 0 Å². The molecule has 2 aromatic carbocycles. The highest BCUT2D eigenvalue weighted by molar-refractivity contribution is 5.99. The first-order valence-electron chi connectivity index (χ1n) is 12.1. The molecule has 2 unspecified atom stereocenters. The molecule has 4 rings (SSSR count). The highest BCUT2D eigenvalue weighted by atomic mass is 19.1. The van der Waals surface area contributed by atoms with Crippen LogP contribution >= 0.6 is 0 Å². The molecule has 39 heavy (non-hydrogen) atoms. The first-order valence-corrected chi connectivity index (χ1v) is 12.1. The van der Waals surface area contributed by atoms with E-state index in [0.717, 1.165) is 23.1 Å². The molecule has 2 aromatic rings. The number of carbonyl (C=O) groups excluding carboxylic acids is 3. The molecule has 2 saturated heterocycles. The summed E-state index contributed by atoms with van der Waals surface area (Å²) < 4.78 is 18.7. The van der Waals surface area contributed by atoms with Crippen molar-refractivity contribution in [2.24, 2.45) is 0 Å². The van der Waals surface area contributed by atoms with E-state index in [1.807, 2.05) is 0 Å². The van der Waals surface area contributed by atoms with Crippen LogP contribution in [0, 0.1) is 15.9 Å². The smallest absolute Gasteiger partial charge is 0.322 e. The second-order valence-electron chi connectivity index (χ2n) is 8.97. The maximum atomic E-state index is 13.7. The van der Waals surface area contributed by atoms with Gasteiger partial charge in [-0.1, -0.05) is 12.1 Å². The van der Waals surface area contributed by atoms with Crippen LogP contribution < -0.4 is 5.32 Å². The van der Waals surface area contributed by atoms with Gasteiger partial charge in [0.25, 0.3) is 17.5 Å². The molecule has 4 amide bonds. The molecule has 0 radical (unpaired) electrons. The summed E-state index contributed by atoms with van der Waals surface area (Å²) in [6.07, 6.45) is -2.06. The van der Waals surface area contributed by atoms with E-state index in [9.17, 15) is 38.8 Å². The maximum Gasteiger partial charge on any atom is 0.322 e. The lowest BCUT2D eigenvalue weighted by Gasteiger charge is -2.35. The molecular weight excluding hydrogens is 517 g/mol. The molecule has 0 aromatic heterocycles. The average Bonchev–Trinajstić information content (AvgIpc) is 3.38. The van der Waals surface area contributed by atoms with Crippen LogP contribution in [0.1, 0.15) is 28.4 Å². The number of nitrogens with zero attached hydrogens (tertiary/aromatic N) is 4. The summed E-state index contributed by atoms with van der Waals surface area (Å²) in [5.41, 5.74) is -0.0358. The quantitative estimate of drug-likeness (QED) is 0.393. The Balaban J connectivity index is 1.65. The topological polar surface area (TPSA) is 163 Å². The van der Waals surface area contributed by atoms with E-state index in [4.69, 9.17) is 4.74 Å². The summed E-state index contributed by atoms with van der Waals surface area (Å²) in [6.45, 7) is 1.19. The number of amides is 4. The fourth-order valence-corrected chi connectivity index (χ4v) is 4.55. The van der Waals surface area contributed by atoms with Crippen LogP contribution in [0.15, 0.2) is 48.5 Å². The van der Waals surface area contributed by atoms with E-state index in [0.29, 0.717) is 13.2 Å². The molecule has 2 aliphatic heterocycles. The molecule has 2 N–H and O–H groups in total. The van der Waals surface area contributed by atoms with Crippen molar-refractivity contribution in [2.45, 2.75) is 18.6 Å². The summed E-state index contributed by atoms with van der Waals surface area (Å²) in [7, 11) is 0. The Morgan fingerprint density at radius 3 is 2.36 bits per heavy atom. The third kappa shape index (κ3) is 6.29. The van der Waals surface area contributed by atoms with Gasteiger partial charge in [-0.3, -0.25) is 29.4 Å². The molecule has 13 nitrogen and oxygen atoms in total. The molecule has 2 atom stereocenters. The highest BCUT2D eigenvalue weighted by Gasteiger charge is 2.45. The normalized spacial score (nSPS) is 18.0. The summed E-state index contributed by atoms with van der Waals surface area (Å²) >= 11 is 0. The predicted molar refractivity (Wildman–Crippen MR) is 132 cm³/mol. The number of hydrogen-bond donors (Lipinski definition) is 2. The van der Waals surface area contributed by atoms with Crippen LogP contribution in [0.3, 0.4) is 0 Å². The zero-order chi connectivity index (χ0) is 28.1. The van der Waals surface area contributed by atoms with Crippen molar-refractivity contribution >= 4 is 29.5 Å². The van der Waals surface area contributed by atoms with Gasteiger partial charge in [-0.05, 0) is 29.8 Å². The maximum absolute atomic E-state index is 13.7. The fourth-order valence-electron chi connectivity index (χ4n) is 4.55. The van der Waals surface area contributed by atoms with Gasteiger partial charge in [-0.25, -0.2) is 9.18 Å². The highest BCUT2D eigenvalue weighted by Crippen LogP contribution is 2.25. The summed E-state index contributed by atoms with van der Waals surface area (Å²) in [5, 5.41) is 23.3. The van der Waals surface area contributed by atoms with E-state index in [-0.39, 0.29) is 43.0 Å². The number of nitro benzene ring substituents is 1. The van der Waals surface area contributed by atoms with Gasteiger partial charge in [0.2, 0.25) is 0 Å². The zero-order valence-corrected chi connectivity index (χ0v) is 20.7. The zero-order valence-electron chi connectivity index (χ0n) is 20.7. The molecule has 14 heteroatoms. The van der Waals surface area contributed by atoms with Gasteiger partial charge in [0.1, 0.15) is 5.82 Å². The second kappa shape index (κ2) is 11.9. The number of halogens is 1. The fraction of sp³-hybridized carbons (Fsp3) is 0.360. The largest absolute Gasteiger partial charge is 0.481 e. The SMILES string of the molecule is O=C(O)CC(NC(=O)C1N(C(=O)c2ccc(F)cc2)CCN1C(=O)N1CCOCC1)c1cccc([N+](=O)[O-])c1. The van der Waals surface area contributed by atoms with Crippen molar-refractivity contribution in [3.63, 3.8) is 0 Å². The van der Waals surface area contributed by atoms with Crippen molar-refractivity contribution in [1.29, 1.82) is 0 Å². The van der Waals surface area contributed by atoms with Crippen LogP contribution in [-0.2, 0) is 14.3 Å². The number of hydrogen-bond acceptors (Lipinski definition) is 7. The number of carboxylic acids is 1. The number of carboxylic acid groups (broad SMARTS) is 1. The van der Waals surface area contributed by atoms with Crippen LogP contribution in [0.4, 0.5) is 14.9 Å². The van der Waals surface area contributed by atoms with Crippen molar-refractivity contribution in [2.75, 3.05) is 39.4 Å². The predicted octanol–water partition coefficient (Wildman–Crippen LogP) is 1.60. The summed E-state index contributed by atoms with van der Waals surface area (Å²) in [5.74, 6) is -3.31. The third-order valence-electron chi connectivity index (χ3n) is 6.46. The first kappa shape index (κ1) is 27.4. The lowest BCUT2D eigenvalue weighted by Crippen LogP contribution is -2.57. The minimum atomic E-state index is -1.45. The van der Waals surface area contributed by atoms with Gasteiger partial charge >= 0.3 is 12.0 Å². The van der Waals surface area contributed by atoms with Gasteiger partial charge in [-0.15, -0.1) is 0 Å². The Morgan fingerprint density at radius 1 is 1.05 bits per heavy atom. The molecule has 2 heterocycles. The molecule has 0 saturated carbocycles. The second-order valence-corrected chi connectivity index (χ2v) is 8.97. The number of non-ortho nitro benzene ring substituents is 1. The number of nitrogens with one attached hydrogen (secondary N) is 1. The Morgan fingerprint density at radius 2 is 1.72 bits per heavy atom. The number of nitro groups is 1. The van der Waals surface area contributed by atoms with Crippen molar-refractivity contribution in [1.82, 2.24) is 20.0 Å². The number of benzene rings is 2. The standard InChI is InChI=1S/C25H26FN5O8/c26-18-6-4-16(5-7-18)24(35)29-8-9-30(25(36)28-10-12-39-13-11-28)23(29)22(34)27-20(15-21(32)33)17-2-1-3-19(14-17)31(37)38/h1-7,14,20,23H,8-13,15H2,(H,27,34)(H,32,33). The van der Waals surface area contributed by atoms with Gasteiger partial charge in [0.15, 0.2) is 6.17 Å². The Kier molecular flexibility index (Phi) is 8.34. The number of aliphatic carboxylic acids is 1. The van der Waals surface area contributed by atoms with Gasteiger partial charge in [0, 0.05) is 43.9 Å². The first-order chi connectivity index (χ1) is 18.7. The number of morpholine rings is 1. The minimum absolute atomic E-state index is 0.00914. The molecule has 2 aliphatic rings. The lowest BCUT2D eigenvalue weighted by molar-refractivity contribution is -0.384.